The van der Waals surface area contributed by atoms with Crippen LogP contribution in [0.25, 0.3) is 10.8 Å². The van der Waals surface area contributed by atoms with Gasteiger partial charge in [0.15, 0.2) is 6.61 Å². The summed E-state index contributed by atoms with van der Waals surface area (Å²) in [5.41, 5.74) is 1.88. The molecule has 29 heavy (non-hydrogen) atoms. The lowest BCUT2D eigenvalue weighted by molar-refractivity contribution is -0.123. The normalized spacial score (nSPS) is 13.8. The van der Waals surface area contributed by atoms with Crippen LogP contribution in [-0.4, -0.2) is 31.0 Å². The molecule has 1 aliphatic rings. The van der Waals surface area contributed by atoms with Gasteiger partial charge in [0.1, 0.15) is 5.75 Å². The first-order valence-electron chi connectivity index (χ1n) is 10.4. The van der Waals surface area contributed by atoms with E-state index in [4.69, 9.17) is 4.74 Å². The van der Waals surface area contributed by atoms with Crippen LogP contribution in [0.5, 0.6) is 5.75 Å². The molecule has 0 saturated carbocycles. The number of nitrogens with one attached hydrogen (secondary N) is 2. The van der Waals surface area contributed by atoms with Crippen molar-refractivity contribution >= 4 is 22.6 Å². The number of allylic oxidation sites excluding steroid dienone is 1. The molecule has 0 aliphatic heterocycles. The Morgan fingerprint density at radius 2 is 1.86 bits per heavy atom. The summed E-state index contributed by atoms with van der Waals surface area (Å²) in [6, 6.07) is 11.5. The number of hydrogen-bond acceptors (Lipinski definition) is 3. The molecule has 0 radical (unpaired) electrons. The third-order valence-corrected chi connectivity index (χ3v) is 5.02. The number of benzene rings is 2. The highest BCUT2D eigenvalue weighted by atomic mass is 16.5. The van der Waals surface area contributed by atoms with Gasteiger partial charge in [-0.25, -0.2) is 0 Å². The van der Waals surface area contributed by atoms with Crippen molar-refractivity contribution in [2.45, 2.75) is 52.0 Å². The summed E-state index contributed by atoms with van der Waals surface area (Å²) in [6.45, 7) is 4.28. The third kappa shape index (κ3) is 6.08. The first-order chi connectivity index (χ1) is 14.0. The minimum atomic E-state index is -0.205. The van der Waals surface area contributed by atoms with E-state index in [2.05, 4.69) is 16.7 Å². The minimum Gasteiger partial charge on any atom is -0.483 e. The van der Waals surface area contributed by atoms with Crippen molar-refractivity contribution in [2.24, 2.45) is 0 Å². The highest BCUT2D eigenvalue weighted by Gasteiger charge is 2.16. The summed E-state index contributed by atoms with van der Waals surface area (Å²) in [5.74, 6) is 0.0483. The summed E-state index contributed by atoms with van der Waals surface area (Å²) in [4.78, 5) is 24.8. The van der Waals surface area contributed by atoms with Gasteiger partial charge >= 0.3 is 0 Å². The maximum Gasteiger partial charge on any atom is 0.258 e. The van der Waals surface area contributed by atoms with Crippen LogP contribution in [0.1, 0.15) is 56.3 Å². The molecule has 1 aliphatic carbocycles. The number of carbonyl (C=O) groups is 2. The monoisotopic (exact) mass is 394 g/mol. The summed E-state index contributed by atoms with van der Waals surface area (Å²) < 4.78 is 5.74. The first-order valence-corrected chi connectivity index (χ1v) is 10.4. The molecule has 0 spiro atoms. The summed E-state index contributed by atoms with van der Waals surface area (Å²) in [5, 5.41) is 7.74. The largest absolute Gasteiger partial charge is 0.483 e. The van der Waals surface area contributed by atoms with Gasteiger partial charge in [0.25, 0.3) is 11.8 Å². The Labute approximate surface area is 172 Å². The number of rotatable bonds is 8. The van der Waals surface area contributed by atoms with Gasteiger partial charge < -0.3 is 15.4 Å². The van der Waals surface area contributed by atoms with E-state index < -0.39 is 0 Å². The van der Waals surface area contributed by atoms with E-state index in [1.807, 2.05) is 50.2 Å². The Kier molecular flexibility index (Phi) is 7.28. The summed E-state index contributed by atoms with van der Waals surface area (Å²) in [7, 11) is 0. The lowest BCUT2D eigenvalue weighted by Gasteiger charge is -2.15. The van der Waals surface area contributed by atoms with E-state index in [-0.39, 0.29) is 24.5 Å². The van der Waals surface area contributed by atoms with Crippen molar-refractivity contribution in [1.82, 2.24) is 10.6 Å². The van der Waals surface area contributed by atoms with Crippen molar-refractivity contribution in [3.8, 4) is 5.75 Å². The fourth-order valence-electron chi connectivity index (χ4n) is 3.59. The molecule has 2 amide bonds. The van der Waals surface area contributed by atoms with Gasteiger partial charge in [0.05, 0.1) is 5.56 Å². The van der Waals surface area contributed by atoms with Crippen LogP contribution in [0.2, 0.25) is 0 Å². The molecule has 5 nitrogen and oxygen atoms in total. The lowest BCUT2D eigenvalue weighted by atomic mass is 9.97. The van der Waals surface area contributed by atoms with Crippen molar-refractivity contribution in [3.63, 3.8) is 0 Å². The molecule has 0 fully saturated rings. The standard InChI is InChI=1S/C24H30N2O3/c1-17(2)26-23(27)16-29-22-15-20-11-7-6-10-19(20)14-21(22)24(28)25-13-12-18-8-4-3-5-9-18/h6-8,10-11,14-15,17H,3-5,9,12-13,16H2,1-2H3,(H,25,28)(H,26,27). The molecule has 0 aromatic heterocycles. The van der Waals surface area contributed by atoms with Crippen LogP contribution in [0, 0.1) is 0 Å². The second-order valence-electron chi connectivity index (χ2n) is 7.82. The number of amides is 2. The molecule has 154 valence electrons. The molecule has 3 rings (SSSR count). The van der Waals surface area contributed by atoms with Crippen LogP contribution < -0.4 is 15.4 Å². The van der Waals surface area contributed by atoms with Crippen LogP contribution in [0.4, 0.5) is 0 Å². The average Bonchev–Trinajstić information content (AvgIpc) is 2.71. The Morgan fingerprint density at radius 3 is 2.55 bits per heavy atom. The second kappa shape index (κ2) is 10.1. The van der Waals surface area contributed by atoms with Gasteiger partial charge in [0.2, 0.25) is 0 Å². The highest BCUT2D eigenvalue weighted by molar-refractivity contribution is 6.01. The lowest BCUT2D eigenvalue weighted by Crippen LogP contribution is -2.34. The highest BCUT2D eigenvalue weighted by Crippen LogP contribution is 2.26. The predicted molar refractivity (Wildman–Crippen MR) is 116 cm³/mol. The number of ether oxygens (including phenoxy) is 1. The molecular weight excluding hydrogens is 364 g/mol. The fourth-order valence-corrected chi connectivity index (χ4v) is 3.59. The maximum absolute atomic E-state index is 12.9. The van der Waals surface area contributed by atoms with Gasteiger partial charge in [-0.3, -0.25) is 9.59 Å². The first kappa shape index (κ1) is 20.9. The average molecular weight is 395 g/mol. The van der Waals surface area contributed by atoms with Gasteiger partial charge in [0, 0.05) is 12.6 Å². The van der Waals surface area contributed by atoms with Gasteiger partial charge in [-0.1, -0.05) is 35.9 Å². The molecule has 0 heterocycles. The molecule has 0 saturated heterocycles. The molecule has 2 aromatic carbocycles. The third-order valence-electron chi connectivity index (χ3n) is 5.02. The molecule has 5 heteroatoms. The van der Waals surface area contributed by atoms with Crippen LogP contribution >= 0.6 is 0 Å². The van der Waals surface area contributed by atoms with E-state index >= 15 is 0 Å². The van der Waals surface area contributed by atoms with Crippen LogP contribution in [0.15, 0.2) is 48.0 Å². The second-order valence-corrected chi connectivity index (χ2v) is 7.82. The molecule has 0 unspecified atom stereocenters. The fraction of sp³-hybridized carbons (Fsp3) is 0.417. The Bertz CT molecular complexity index is 902. The van der Waals surface area contributed by atoms with E-state index in [1.165, 1.54) is 18.4 Å². The molecule has 2 aromatic rings. The summed E-state index contributed by atoms with van der Waals surface area (Å²) >= 11 is 0. The Morgan fingerprint density at radius 1 is 1.10 bits per heavy atom. The molecule has 2 N–H and O–H groups in total. The van der Waals surface area contributed by atoms with Crippen molar-refractivity contribution in [1.29, 1.82) is 0 Å². The van der Waals surface area contributed by atoms with E-state index in [0.29, 0.717) is 17.9 Å². The molecular formula is C24H30N2O3. The molecule has 0 bridgehead atoms. The van der Waals surface area contributed by atoms with Crippen LogP contribution in [-0.2, 0) is 4.79 Å². The van der Waals surface area contributed by atoms with Gasteiger partial charge in [-0.05, 0) is 68.9 Å². The van der Waals surface area contributed by atoms with E-state index in [0.717, 1.165) is 30.0 Å². The Balaban J connectivity index is 1.72. The zero-order valence-electron chi connectivity index (χ0n) is 17.3. The predicted octanol–water partition coefficient (Wildman–Crippen LogP) is 4.36. The van der Waals surface area contributed by atoms with Gasteiger partial charge in [-0.15, -0.1) is 0 Å². The smallest absolute Gasteiger partial charge is 0.258 e. The van der Waals surface area contributed by atoms with Crippen molar-refractivity contribution in [3.05, 3.63) is 53.6 Å². The van der Waals surface area contributed by atoms with Crippen molar-refractivity contribution in [2.75, 3.05) is 13.2 Å². The summed E-state index contributed by atoms with van der Waals surface area (Å²) in [6.07, 6.45) is 7.95. The zero-order chi connectivity index (χ0) is 20.6. The van der Waals surface area contributed by atoms with Crippen molar-refractivity contribution < 1.29 is 14.3 Å². The maximum atomic E-state index is 12.9. The zero-order valence-corrected chi connectivity index (χ0v) is 17.3. The quantitative estimate of drug-likeness (QED) is 0.654. The Hall–Kier alpha value is -2.82. The van der Waals surface area contributed by atoms with E-state index in [1.54, 1.807) is 0 Å². The topological polar surface area (TPSA) is 67.4 Å². The van der Waals surface area contributed by atoms with Gasteiger partial charge in [-0.2, -0.15) is 0 Å². The molecule has 0 atom stereocenters. The number of hydrogen-bond donors (Lipinski definition) is 2. The van der Waals surface area contributed by atoms with E-state index in [9.17, 15) is 9.59 Å². The number of fused-ring (bicyclic) bond motifs is 1. The minimum absolute atomic E-state index is 0.0413. The number of carbonyl (C=O) groups excluding carboxylic acids is 2. The van der Waals surface area contributed by atoms with Crippen LogP contribution in [0.3, 0.4) is 0 Å². The SMILES string of the molecule is CC(C)NC(=O)COc1cc2ccccc2cc1C(=O)NCCC1=CCCCC1.